The number of nitrogens with one attached hydrogen (secondary N) is 2. The van der Waals surface area contributed by atoms with Gasteiger partial charge in [-0.05, 0) is 44.1 Å². The first-order chi connectivity index (χ1) is 11.1. The van der Waals surface area contributed by atoms with E-state index in [-0.39, 0.29) is 11.8 Å². The van der Waals surface area contributed by atoms with Crippen molar-refractivity contribution in [3.05, 3.63) is 47.2 Å². The molecule has 1 fully saturated rings. The summed E-state index contributed by atoms with van der Waals surface area (Å²) in [7, 11) is 0. The number of aromatic hydroxyl groups is 1. The van der Waals surface area contributed by atoms with E-state index in [4.69, 9.17) is 16.9 Å². The first kappa shape index (κ1) is 16.8. The molecule has 0 aliphatic carbocycles. The lowest BCUT2D eigenvalue weighted by atomic mass is 10.1. The van der Waals surface area contributed by atoms with E-state index < -0.39 is 0 Å². The Kier molecular flexibility index (Phi) is 5.94. The Morgan fingerprint density at radius 1 is 1.26 bits per heavy atom. The summed E-state index contributed by atoms with van der Waals surface area (Å²) in [6.07, 6.45) is 6.31. The third-order valence-electron chi connectivity index (χ3n) is 3.75. The van der Waals surface area contributed by atoms with Crippen molar-refractivity contribution >= 4 is 18.1 Å². The average molecular weight is 313 g/mol. The van der Waals surface area contributed by atoms with Crippen LogP contribution in [0, 0.1) is 5.41 Å². The molecular weight excluding hydrogens is 290 g/mol. The third kappa shape index (κ3) is 4.69. The summed E-state index contributed by atoms with van der Waals surface area (Å²) in [6, 6.07) is 7.04. The monoisotopic (exact) mass is 313 g/mol. The molecule has 122 valence electrons. The predicted octanol–water partition coefficient (Wildman–Crippen LogP) is 1.38. The second-order valence-electron chi connectivity index (χ2n) is 5.43. The van der Waals surface area contributed by atoms with Gasteiger partial charge in [0.25, 0.3) is 0 Å². The molecule has 1 saturated heterocycles. The Morgan fingerprint density at radius 2 is 1.96 bits per heavy atom. The van der Waals surface area contributed by atoms with Crippen LogP contribution >= 0.6 is 0 Å². The van der Waals surface area contributed by atoms with E-state index in [0.717, 1.165) is 32.1 Å². The Labute approximate surface area is 136 Å². The molecule has 1 aromatic rings. The molecule has 0 amide bonds. The quantitative estimate of drug-likeness (QED) is 0.416. The van der Waals surface area contributed by atoms with E-state index in [1.165, 1.54) is 0 Å². The van der Waals surface area contributed by atoms with E-state index in [9.17, 15) is 5.11 Å². The minimum Gasteiger partial charge on any atom is -0.507 e. The number of phenolic OH excluding ortho intramolecular Hbond substituents is 1. The lowest BCUT2D eigenvalue weighted by molar-refractivity contribution is 0.461. The van der Waals surface area contributed by atoms with Gasteiger partial charge in [-0.15, -0.1) is 0 Å². The fourth-order valence-corrected chi connectivity index (χ4v) is 2.38. The van der Waals surface area contributed by atoms with Crippen LogP contribution in [0.3, 0.4) is 0 Å². The molecular formula is C17H23N5O. The molecule has 0 atom stereocenters. The van der Waals surface area contributed by atoms with Crippen molar-refractivity contribution in [2.45, 2.75) is 18.9 Å². The Hall–Kier alpha value is -2.60. The van der Waals surface area contributed by atoms with Crippen LogP contribution in [0.25, 0.3) is 5.70 Å². The second kappa shape index (κ2) is 8.14. The maximum Gasteiger partial charge on any atom is 0.124 e. The van der Waals surface area contributed by atoms with Crippen molar-refractivity contribution in [1.82, 2.24) is 5.32 Å². The van der Waals surface area contributed by atoms with Gasteiger partial charge in [0.2, 0.25) is 0 Å². The summed E-state index contributed by atoms with van der Waals surface area (Å²) in [6.45, 7) is 1.92. The highest BCUT2D eigenvalue weighted by molar-refractivity contribution is 6.04. The molecule has 0 saturated carbocycles. The SMILES string of the molecule is N=C/C(C=NC1CCNCC1)=C(N)\C=C(/N)c1ccccc1O. The van der Waals surface area contributed by atoms with Gasteiger partial charge in [-0.25, -0.2) is 0 Å². The fraction of sp³-hybridized carbons (Fsp3) is 0.294. The Bertz CT molecular complexity index is 642. The molecule has 23 heavy (non-hydrogen) atoms. The van der Waals surface area contributed by atoms with Gasteiger partial charge < -0.3 is 27.3 Å². The number of para-hydroxylation sites is 1. The zero-order valence-corrected chi connectivity index (χ0v) is 13.0. The van der Waals surface area contributed by atoms with Crippen molar-refractivity contribution in [2.75, 3.05) is 13.1 Å². The lowest BCUT2D eigenvalue weighted by Crippen LogP contribution is -2.29. The maximum absolute atomic E-state index is 9.81. The zero-order valence-electron chi connectivity index (χ0n) is 13.0. The van der Waals surface area contributed by atoms with Crippen LogP contribution in [-0.4, -0.2) is 36.7 Å². The van der Waals surface area contributed by atoms with Crippen molar-refractivity contribution < 1.29 is 5.11 Å². The highest BCUT2D eigenvalue weighted by atomic mass is 16.3. The van der Waals surface area contributed by atoms with Gasteiger partial charge in [-0.2, -0.15) is 0 Å². The van der Waals surface area contributed by atoms with Crippen LogP contribution in [-0.2, 0) is 0 Å². The molecule has 2 rings (SSSR count). The number of piperidine rings is 1. The topological polar surface area (TPSA) is 121 Å². The molecule has 1 aliphatic heterocycles. The van der Waals surface area contributed by atoms with E-state index in [2.05, 4.69) is 10.3 Å². The summed E-state index contributed by atoms with van der Waals surface area (Å²) in [5.74, 6) is 0.0915. The number of nitrogens with two attached hydrogens (primary N) is 2. The van der Waals surface area contributed by atoms with E-state index in [1.54, 1.807) is 36.6 Å². The number of rotatable bonds is 5. The molecule has 1 aliphatic rings. The van der Waals surface area contributed by atoms with Crippen LogP contribution in [0.5, 0.6) is 5.75 Å². The number of nitrogens with zero attached hydrogens (tertiary/aromatic N) is 1. The van der Waals surface area contributed by atoms with Crippen LogP contribution in [0.15, 0.2) is 46.6 Å². The molecule has 6 heteroatoms. The molecule has 1 aromatic carbocycles. The summed E-state index contributed by atoms with van der Waals surface area (Å²) in [5.41, 5.74) is 13.7. The van der Waals surface area contributed by atoms with Gasteiger partial charge in [0, 0.05) is 35.0 Å². The van der Waals surface area contributed by atoms with E-state index in [0.29, 0.717) is 22.5 Å². The van der Waals surface area contributed by atoms with Gasteiger partial charge in [-0.1, -0.05) is 12.1 Å². The van der Waals surface area contributed by atoms with Gasteiger partial charge in [-0.3, -0.25) is 4.99 Å². The number of hydrogen-bond donors (Lipinski definition) is 5. The molecule has 1 heterocycles. The molecule has 7 N–H and O–H groups in total. The molecule has 0 spiro atoms. The Balaban J connectivity index is 2.19. The average Bonchev–Trinajstić information content (AvgIpc) is 2.56. The number of hydrogen-bond acceptors (Lipinski definition) is 6. The van der Waals surface area contributed by atoms with E-state index in [1.807, 2.05) is 0 Å². The van der Waals surface area contributed by atoms with Crippen molar-refractivity contribution in [3.8, 4) is 5.75 Å². The number of allylic oxidation sites excluding steroid dienone is 2. The summed E-state index contributed by atoms with van der Waals surface area (Å²) >= 11 is 0. The van der Waals surface area contributed by atoms with Crippen molar-refractivity contribution in [3.63, 3.8) is 0 Å². The molecule has 0 radical (unpaired) electrons. The summed E-state index contributed by atoms with van der Waals surface area (Å²) < 4.78 is 0. The van der Waals surface area contributed by atoms with Crippen LogP contribution in [0.1, 0.15) is 18.4 Å². The first-order valence-corrected chi connectivity index (χ1v) is 7.61. The van der Waals surface area contributed by atoms with Crippen molar-refractivity contribution in [1.29, 1.82) is 5.41 Å². The normalized spacial score (nSPS) is 18.0. The van der Waals surface area contributed by atoms with Crippen LogP contribution in [0.4, 0.5) is 0 Å². The zero-order chi connectivity index (χ0) is 16.7. The Morgan fingerprint density at radius 3 is 2.61 bits per heavy atom. The first-order valence-electron chi connectivity index (χ1n) is 7.61. The molecule has 6 nitrogen and oxygen atoms in total. The third-order valence-corrected chi connectivity index (χ3v) is 3.75. The minimum absolute atomic E-state index is 0.0915. The van der Waals surface area contributed by atoms with Crippen LogP contribution in [0.2, 0.25) is 0 Å². The maximum atomic E-state index is 9.81. The standard InChI is InChI=1S/C17H23N5O/c18-10-12(11-22-13-5-7-21-8-6-13)15(19)9-16(20)14-3-1-2-4-17(14)23/h1-4,9-11,13,18,21,23H,5-8,19-20H2/b15-12-,16-9-,18-10?,22-11?. The number of phenols is 1. The largest absolute Gasteiger partial charge is 0.507 e. The smallest absolute Gasteiger partial charge is 0.124 e. The molecule has 0 aromatic heterocycles. The van der Waals surface area contributed by atoms with Gasteiger partial charge in [0.05, 0.1) is 6.04 Å². The number of aliphatic imine (C=N–C) groups is 1. The highest BCUT2D eigenvalue weighted by Crippen LogP contribution is 2.21. The predicted molar refractivity (Wildman–Crippen MR) is 94.7 cm³/mol. The van der Waals surface area contributed by atoms with Crippen LogP contribution < -0.4 is 16.8 Å². The highest BCUT2D eigenvalue weighted by Gasteiger charge is 2.10. The van der Waals surface area contributed by atoms with Crippen molar-refractivity contribution in [2.24, 2.45) is 16.5 Å². The van der Waals surface area contributed by atoms with E-state index >= 15 is 0 Å². The fourth-order valence-electron chi connectivity index (χ4n) is 2.38. The van der Waals surface area contributed by atoms with Gasteiger partial charge in [0.15, 0.2) is 0 Å². The minimum atomic E-state index is 0.0915. The van der Waals surface area contributed by atoms with Gasteiger partial charge >= 0.3 is 0 Å². The lowest BCUT2D eigenvalue weighted by Gasteiger charge is -2.18. The molecule has 0 bridgehead atoms. The second-order valence-corrected chi connectivity index (χ2v) is 5.43. The molecule has 0 unspecified atom stereocenters. The summed E-state index contributed by atoms with van der Waals surface area (Å²) in [5, 5.41) is 20.6. The number of benzene rings is 1. The summed E-state index contributed by atoms with van der Waals surface area (Å²) in [4.78, 5) is 4.50. The van der Waals surface area contributed by atoms with Gasteiger partial charge in [0.1, 0.15) is 5.75 Å².